The monoisotopic (exact) mass is 371 g/mol. The molecule has 1 saturated carbocycles. The number of rotatable bonds is 5. The standard InChI is InChI=1S/C22H21N5O/c1-26-19-10-6-5-9-17(19)24-21(26)14-23-22(28)20-13-18(15-11-12-15)25-27(20)16-7-3-2-4-8-16/h2-10,13,15H,11-12,14H2,1H3,(H,23,28). The molecule has 0 saturated heterocycles. The van der Waals surface area contributed by atoms with Crippen LogP contribution in [0.3, 0.4) is 0 Å². The second-order valence-corrected chi connectivity index (χ2v) is 7.23. The van der Waals surface area contributed by atoms with E-state index in [-0.39, 0.29) is 5.91 Å². The van der Waals surface area contributed by atoms with E-state index in [2.05, 4.69) is 10.3 Å². The predicted octanol–water partition coefficient (Wildman–Crippen LogP) is 3.57. The van der Waals surface area contributed by atoms with Crippen molar-refractivity contribution in [3.63, 3.8) is 0 Å². The van der Waals surface area contributed by atoms with Crippen LogP contribution in [0.1, 0.15) is 40.8 Å². The van der Waals surface area contributed by atoms with Gasteiger partial charge in [-0.3, -0.25) is 4.79 Å². The number of imidazole rings is 1. The largest absolute Gasteiger partial charge is 0.343 e. The second kappa shape index (κ2) is 6.64. The van der Waals surface area contributed by atoms with Gasteiger partial charge in [0.15, 0.2) is 0 Å². The van der Waals surface area contributed by atoms with Gasteiger partial charge in [-0.25, -0.2) is 9.67 Å². The number of nitrogens with one attached hydrogen (secondary N) is 1. The van der Waals surface area contributed by atoms with Crippen LogP contribution in [-0.4, -0.2) is 25.2 Å². The van der Waals surface area contributed by atoms with Crippen LogP contribution in [0.4, 0.5) is 0 Å². The minimum atomic E-state index is -0.143. The van der Waals surface area contributed by atoms with Crippen LogP contribution < -0.4 is 5.32 Å². The lowest BCUT2D eigenvalue weighted by molar-refractivity contribution is 0.0942. The third-order valence-electron chi connectivity index (χ3n) is 5.24. The molecular formula is C22H21N5O. The highest BCUT2D eigenvalue weighted by Crippen LogP contribution is 2.39. The summed E-state index contributed by atoms with van der Waals surface area (Å²) >= 11 is 0. The Balaban J connectivity index is 1.42. The Labute approximate surface area is 162 Å². The summed E-state index contributed by atoms with van der Waals surface area (Å²) in [5, 5.41) is 7.72. The number of carbonyl (C=O) groups excluding carboxylic acids is 1. The molecule has 6 nitrogen and oxygen atoms in total. The van der Waals surface area contributed by atoms with Crippen LogP contribution in [0.2, 0.25) is 0 Å². The quantitative estimate of drug-likeness (QED) is 0.583. The van der Waals surface area contributed by atoms with Gasteiger partial charge in [-0.15, -0.1) is 0 Å². The third-order valence-corrected chi connectivity index (χ3v) is 5.24. The number of carbonyl (C=O) groups is 1. The SMILES string of the molecule is Cn1c(CNC(=O)c2cc(C3CC3)nn2-c2ccccc2)nc2ccccc21. The maximum absolute atomic E-state index is 13.0. The second-order valence-electron chi connectivity index (χ2n) is 7.23. The van der Waals surface area contributed by atoms with Crippen LogP contribution in [0.5, 0.6) is 0 Å². The zero-order valence-corrected chi connectivity index (χ0v) is 15.7. The van der Waals surface area contributed by atoms with Gasteiger partial charge >= 0.3 is 0 Å². The van der Waals surface area contributed by atoms with Crippen molar-refractivity contribution < 1.29 is 4.79 Å². The van der Waals surface area contributed by atoms with E-state index >= 15 is 0 Å². The van der Waals surface area contributed by atoms with Gasteiger partial charge in [-0.2, -0.15) is 5.10 Å². The zero-order valence-electron chi connectivity index (χ0n) is 15.7. The lowest BCUT2D eigenvalue weighted by atomic mass is 10.2. The fourth-order valence-corrected chi connectivity index (χ4v) is 3.51. The minimum Gasteiger partial charge on any atom is -0.343 e. The maximum Gasteiger partial charge on any atom is 0.270 e. The maximum atomic E-state index is 13.0. The van der Waals surface area contributed by atoms with Gasteiger partial charge in [0, 0.05) is 13.0 Å². The van der Waals surface area contributed by atoms with Crippen molar-refractivity contribution in [2.45, 2.75) is 25.3 Å². The predicted molar refractivity (Wildman–Crippen MR) is 107 cm³/mol. The van der Waals surface area contributed by atoms with Gasteiger partial charge in [0.2, 0.25) is 0 Å². The molecule has 1 aliphatic carbocycles. The highest BCUT2D eigenvalue weighted by molar-refractivity contribution is 5.93. The number of amides is 1. The molecule has 0 spiro atoms. The van der Waals surface area contributed by atoms with E-state index in [1.54, 1.807) is 4.68 Å². The molecule has 1 aliphatic rings. The van der Waals surface area contributed by atoms with Crippen LogP contribution >= 0.6 is 0 Å². The summed E-state index contributed by atoms with van der Waals surface area (Å²) in [4.78, 5) is 17.6. The number of aromatic nitrogens is 4. The van der Waals surface area contributed by atoms with Gasteiger partial charge in [-0.05, 0) is 43.2 Å². The van der Waals surface area contributed by atoms with E-state index in [1.165, 1.54) is 0 Å². The first-order chi connectivity index (χ1) is 13.7. The van der Waals surface area contributed by atoms with Crippen LogP contribution in [0, 0.1) is 0 Å². The summed E-state index contributed by atoms with van der Waals surface area (Å²) < 4.78 is 3.76. The number of hydrogen-bond acceptors (Lipinski definition) is 3. The van der Waals surface area contributed by atoms with Crippen molar-refractivity contribution in [2.75, 3.05) is 0 Å². The zero-order chi connectivity index (χ0) is 19.1. The molecule has 0 unspecified atom stereocenters. The highest BCUT2D eigenvalue weighted by Gasteiger charge is 2.29. The summed E-state index contributed by atoms with van der Waals surface area (Å²) in [5.74, 6) is 1.16. The Kier molecular flexibility index (Phi) is 3.97. The number of nitrogens with zero attached hydrogens (tertiary/aromatic N) is 4. The molecule has 1 amide bonds. The van der Waals surface area contributed by atoms with Crippen molar-refractivity contribution >= 4 is 16.9 Å². The van der Waals surface area contributed by atoms with Gasteiger partial charge < -0.3 is 9.88 Å². The number of fused-ring (bicyclic) bond motifs is 1. The van der Waals surface area contributed by atoms with Gasteiger partial charge in [-0.1, -0.05) is 30.3 Å². The molecule has 1 fully saturated rings. The molecule has 2 aromatic heterocycles. The molecule has 5 rings (SSSR count). The van der Waals surface area contributed by atoms with E-state index in [0.29, 0.717) is 18.2 Å². The molecule has 0 atom stereocenters. The number of para-hydroxylation sites is 3. The molecule has 6 heteroatoms. The van der Waals surface area contributed by atoms with Crippen LogP contribution in [-0.2, 0) is 13.6 Å². The Bertz CT molecular complexity index is 1150. The van der Waals surface area contributed by atoms with Crippen LogP contribution in [0.15, 0.2) is 60.7 Å². The van der Waals surface area contributed by atoms with Crippen LogP contribution in [0.25, 0.3) is 16.7 Å². The lowest BCUT2D eigenvalue weighted by Gasteiger charge is -2.08. The Morgan fingerprint density at radius 1 is 1.11 bits per heavy atom. The topological polar surface area (TPSA) is 64.7 Å². The smallest absolute Gasteiger partial charge is 0.270 e. The van der Waals surface area contributed by atoms with Crippen molar-refractivity contribution in [3.05, 3.63) is 77.9 Å². The van der Waals surface area contributed by atoms with E-state index in [4.69, 9.17) is 5.10 Å². The van der Waals surface area contributed by atoms with E-state index in [0.717, 1.165) is 41.1 Å². The Hall–Kier alpha value is -3.41. The van der Waals surface area contributed by atoms with Crippen molar-refractivity contribution in [2.24, 2.45) is 7.05 Å². The summed E-state index contributed by atoms with van der Waals surface area (Å²) in [6.45, 7) is 0.364. The molecule has 2 heterocycles. The van der Waals surface area contributed by atoms with Gasteiger partial charge in [0.1, 0.15) is 11.5 Å². The fourth-order valence-electron chi connectivity index (χ4n) is 3.51. The van der Waals surface area contributed by atoms with Crippen molar-refractivity contribution in [1.29, 1.82) is 0 Å². The highest BCUT2D eigenvalue weighted by atomic mass is 16.2. The molecule has 28 heavy (non-hydrogen) atoms. The van der Waals surface area contributed by atoms with Gasteiger partial charge in [0.05, 0.1) is 29.0 Å². The summed E-state index contributed by atoms with van der Waals surface area (Å²) in [5.41, 5.74) is 4.43. The molecule has 4 aromatic rings. The van der Waals surface area contributed by atoms with Crippen molar-refractivity contribution in [1.82, 2.24) is 24.6 Å². The van der Waals surface area contributed by atoms with E-state index in [9.17, 15) is 4.79 Å². The third kappa shape index (κ3) is 2.97. The summed E-state index contributed by atoms with van der Waals surface area (Å²) in [6, 6.07) is 19.7. The normalized spacial score (nSPS) is 13.8. The first-order valence-electron chi connectivity index (χ1n) is 9.54. The van der Waals surface area contributed by atoms with E-state index < -0.39 is 0 Å². The summed E-state index contributed by atoms with van der Waals surface area (Å²) in [6.07, 6.45) is 2.29. The fraction of sp³-hybridized carbons (Fsp3) is 0.227. The molecule has 2 aromatic carbocycles. The Morgan fingerprint density at radius 2 is 1.86 bits per heavy atom. The average Bonchev–Trinajstić information content (AvgIpc) is 3.41. The number of benzene rings is 2. The molecule has 140 valence electrons. The first-order valence-corrected chi connectivity index (χ1v) is 9.54. The lowest BCUT2D eigenvalue weighted by Crippen LogP contribution is -2.26. The number of hydrogen-bond donors (Lipinski definition) is 1. The van der Waals surface area contributed by atoms with Gasteiger partial charge in [0.25, 0.3) is 5.91 Å². The first kappa shape index (κ1) is 16.7. The molecule has 1 N–H and O–H groups in total. The van der Waals surface area contributed by atoms with E-state index in [1.807, 2.05) is 72.3 Å². The molecule has 0 radical (unpaired) electrons. The summed E-state index contributed by atoms with van der Waals surface area (Å²) in [7, 11) is 1.97. The minimum absolute atomic E-state index is 0.143. The number of aryl methyl sites for hydroxylation is 1. The average molecular weight is 371 g/mol. The Morgan fingerprint density at radius 3 is 2.61 bits per heavy atom. The molecule has 0 aliphatic heterocycles. The van der Waals surface area contributed by atoms with Crippen molar-refractivity contribution in [3.8, 4) is 5.69 Å². The molecular weight excluding hydrogens is 350 g/mol. The molecule has 0 bridgehead atoms.